The molecule has 0 fully saturated rings. The van der Waals surface area contributed by atoms with Crippen molar-refractivity contribution in [2.45, 2.75) is 26.3 Å². The molecule has 17 heavy (non-hydrogen) atoms. The maximum absolute atomic E-state index is 10.9. The molecule has 0 amide bonds. The number of Topliss-reactive ketones (excluding diaryl/α,β-unsaturated/α-hetero) is 1. The van der Waals surface area contributed by atoms with Gasteiger partial charge in [-0.05, 0) is 37.6 Å². The highest BCUT2D eigenvalue weighted by molar-refractivity contribution is 5.81. The number of nitrogens with zero attached hydrogens (tertiary/aromatic N) is 1. The fraction of sp³-hybridized carbons (Fsp3) is 0.357. The monoisotopic (exact) mass is 231 g/mol. The largest absolute Gasteiger partial charge is 0.497 e. The fourth-order valence-electron chi connectivity index (χ4n) is 2.00. The van der Waals surface area contributed by atoms with Crippen LogP contribution in [0.1, 0.15) is 19.8 Å². The lowest BCUT2D eigenvalue weighted by molar-refractivity contribution is -0.117. The van der Waals surface area contributed by atoms with Crippen LogP contribution in [0.25, 0.3) is 10.9 Å². The topological polar surface area (TPSA) is 31.2 Å². The maximum Gasteiger partial charge on any atom is 0.129 e. The average molecular weight is 231 g/mol. The summed E-state index contributed by atoms with van der Waals surface area (Å²) in [6, 6.07) is 8.12. The molecule has 3 heteroatoms. The summed E-state index contributed by atoms with van der Waals surface area (Å²) in [5.41, 5.74) is 1.19. The summed E-state index contributed by atoms with van der Waals surface area (Å²) in [5, 5.41) is 1.17. The normalized spacial score (nSPS) is 10.7. The van der Waals surface area contributed by atoms with Gasteiger partial charge in [0.2, 0.25) is 0 Å². The minimum atomic E-state index is 0.253. The van der Waals surface area contributed by atoms with Crippen molar-refractivity contribution in [1.82, 2.24) is 4.57 Å². The molecule has 0 bridgehead atoms. The van der Waals surface area contributed by atoms with Crippen LogP contribution in [0.2, 0.25) is 0 Å². The minimum Gasteiger partial charge on any atom is -0.497 e. The van der Waals surface area contributed by atoms with Gasteiger partial charge in [-0.15, -0.1) is 0 Å². The van der Waals surface area contributed by atoms with Gasteiger partial charge in [-0.1, -0.05) is 0 Å². The maximum atomic E-state index is 10.9. The number of rotatable bonds is 5. The number of carbonyl (C=O) groups is 1. The van der Waals surface area contributed by atoms with Crippen LogP contribution in [0, 0.1) is 0 Å². The van der Waals surface area contributed by atoms with Gasteiger partial charge >= 0.3 is 0 Å². The van der Waals surface area contributed by atoms with Gasteiger partial charge in [-0.25, -0.2) is 0 Å². The van der Waals surface area contributed by atoms with Gasteiger partial charge in [-0.3, -0.25) is 0 Å². The number of hydrogen-bond donors (Lipinski definition) is 0. The van der Waals surface area contributed by atoms with Gasteiger partial charge in [0.15, 0.2) is 0 Å². The van der Waals surface area contributed by atoms with Crippen molar-refractivity contribution >= 4 is 16.7 Å². The number of aryl methyl sites for hydroxylation is 1. The zero-order valence-electron chi connectivity index (χ0n) is 10.3. The summed E-state index contributed by atoms with van der Waals surface area (Å²) in [6.07, 6.45) is 3.60. The van der Waals surface area contributed by atoms with Gasteiger partial charge in [0, 0.05) is 30.1 Å². The third-order valence-corrected chi connectivity index (χ3v) is 2.91. The molecule has 0 aliphatic rings. The molecule has 2 rings (SSSR count). The molecule has 0 aliphatic heterocycles. The molecule has 0 radical (unpaired) electrons. The molecule has 1 heterocycles. The van der Waals surface area contributed by atoms with E-state index in [-0.39, 0.29) is 5.78 Å². The van der Waals surface area contributed by atoms with Crippen LogP contribution in [0.4, 0.5) is 0 Å². The number of benzene rings is 1. The Morgan fingerprint density at radius 1 is 1.35 bits per heavy atom. The summed E-state index contributed by atoms with van der Waals surface area (Å²) >= 11 is 0. The van der Waals surface area contributed by atoms with Crippen molar-refractivity contribution in [2.24, 2.45) is 0 Å². The lowest BCUT2D eigenvalue weighted by Crippen LogP contribution is -1.99. The Hall–Kier alpha value is -1.77. The Morgan fingerprint density at radius 3 is 2.88 bits per heavy atom. The first-order valence-electron chi connectivity index (χ1n) is 5.83. The van der Waals surface area contributed by atoms with Gasteiger partial charge in [0.1, 0.15) is 11.5 Å². The van der Waals surface area contributed by atoms with E-state index in [2.05, 4.69) is 22.9 Å². The smallest absolute Gasteiger partial charge is 0.129 e. The van der Waals surface area contributed by atoms with E-state index in [4.69, 9.17) is 4.74 Å². The first-order valence-corrected chi connectivity index (χ1v) is 5.83. The molecular formula is C14H17NO2. The highest BCUT2D eigenvalue weighted by atomic mass is 16.5. The van der Waals surface area contributed by atoms with Crippen LogP contribution >= 0.6 is 0 Å². The molecule has 1 aromatic carbocycles. The van der Waals surface area contributed by atoms with Crippen molar-refractivity contribution in [3.8, 4) is 5.75 Å². The van der Waals surface area contributed by atoms with Gasteiger partial charge in [0.05, 0.1) is 7.11 Å². The third-order valence-electron chi connectivity index (χ3n) is 2.91. The van der Waals surface area contributed by atoms with Crippen molar-refractivity contribution in [3.63, 3.8) is 0 Å². The standard InChI is InChI=1S/C14H17NO2/c1-11(16)4-3-8-15-9-7-12-10-13(17-2)5-6-14(12)15/h5-7,9-10H,3-4,8H2,1-2H3. The molecule has 0 saturated heterocycles. The Kier molecular flexibility index (Phi) is 3.47. The van der Waals surface area contributed by atoms with Crippen LogP contribution < -0.4 is 4.74 Å². The summed E-state index contributed by atoms with van der Waals surface area (Å²) < 4.78 is 7.37. The summed E-state index contributed by atoms with van der Waals surface area (Å²) in [4.78, 5) is 10.9. The molecule has 2 aromatic rings. The van der Waals surface area contributed by atoms with E-state index in [1.54, 1.807) is 14.0 Å². The molecule has 1 aromatic heterocycles. The molecule has 3 nitrogen and oxygen atoms in total. The van der Waals surface area contributed by atoms with E-state index >= 15 is 0 Å². The van der Waals surface area contributed by atoms with E-state index in [0.29, 0.717) is 6.42 Å². The summed E-state index contributed by atoms with van der Waals surface area (Å²) in [7, 11) is 1.67. The molecule has 0 aliphatic carbocycles. The Morgan fingerprint density at radius 2 is 2.18 bits per heavy atom. The van der Waals surface area contributed by atoms with Crippen LogP contribution in [0.3, 0.4) is 0 Å². The molecule has 0 atom stereocenters. The van der Waals surface area contributed by atoms with E-state index in [1.807, 2.05) is 12.1 Å². The minimum absolute atomic E-state index is 0.253. The number of aromatic nitrogens is 1. The molecule has 0 spiro atoms. The van der Waals surface area contributed by atoms with Gasteiger partial charge in [0.25, 0.3) is 0 Å². The number of hydrogen-bond acceptors (Lipinski definition) is 2. The van der Waals surface area contributed by atoms with E-state index in [0.717, 1.165) is 18.7 Å². The van der Waals surface area contributed by atoms with E-state index in [9.17, 15) is 4.79 Å². The lowest BCUT2D eigenvalue weighted by atomic mass is 10.2. The fourth-order valence-corrected chi connectivity index (χ4v) is 2.00. The van der Waals surface area contributed by atoms with Gasteiger partial charge < -0.3 is 14.1 Å². The number of fused-ring (bicyclic) bond motifs is 1. The zero-order valence-corrected chi connectivity index (χ0v) is 10.3. The lowest BCUT2D eigenvalue weighted by Gasteiger charge is -2.05. The third kappa shape index (κ3) is 2.67. The summed E-state index contributed by atoms with van der Waals surface area (Å²) in [5.74, 6) is 1.13. The first kappa shape index (κ1) is 11.7. The summed E-state index contributed by atoms with van der Waals surface area (Å²) in [6.45, 7) is 2.52. The molecule has 0 N–H and O–H groups in total. The molecule has 0 unspecified atom stereocenters. The SMILES string of the molecule is COc1ccc2c(ccn2CCCC(C)=O)c1. The highest BCUT2D eigenvalue weighted by Gasteiger charge is 2.02. The Balaban J connectivity index is 2.16. The molecule has 0 saturated carbocycles. The van der Waals surface area contributed by atoms with E-state index in [1.165, 1.54) is 10.9 Å². The van der Waals surface area contributed by atoms with Crippen molar-refractivity contribution in [2.75, 3.05) is 7.11 Å². The van der Waals surface area contributed by atoms with Gasteiger partial charge in [-0.2, -0.15) is 0 Å². The second-order valence-electron chi connectivity index (χ2n) is 4.24. The molecule has 90 valence electrons. The first-order chi connectivity index (χ1) is 8.20. The number of ether oxygens (including phenoxy) is 1. The van der Waals surface area contributed by atoms with Crippen molar-refractivity contribution in [1.29, 1.82) is 0 Å². The number of methoxy groups -OCH3 is 1. The highest BCUT2D eigenvalue weighted by Crippen LogP contribution is 2.22. The predicted octanol–water partition coefficient (Wildman–Crippen LogP) is 3.02. The second-order valence-corrected chi connectivity index (χ2v) is 4.24. The molecular weight excluding hydrogens is 214 g/mol. The van der Waals surface area contributed by atoms with Crippen LogP contribution in [0.15, 0.2) is 30.5 Å². The zero-order chi connectivity index (χ0) is 12.3. The number of carbonyl (C=O) groups excluding carboxylic acids is 1. The second kappa shape index (κ2) is 5.04. The Labute approximate surface area is 101 Å². The predicted molar refractivity (Wildman–Crippen MR) is 68.4 cm³/mol. The average Bonchev–Trinajstić information content (AvgIpc) is 2.71. The van der Waals surface area contributed by atoms with Crippen molar-refractivity contribution < 1.29 is 9.53 Å². The van der Waals surface area contributed by atoms with E-state index < -0.39 is 0 Å². The quantitative estimate of drug-likeness (QED) is 0.792. The number of ketones is 1. The Bertz CT molecular complexity index is 528. The van der Waals surface area contributed by atoms with Crippen LogP contribution in [0.5, 0.6) is 5.75 Å². The van der Waals surface area contributed by atoms with Crippen LogP contribution in [-0.2, 0) is 11.3 Å². The van der Waals surface area contributed by atoms with Crippen molar-refractivity contribution in [3.05, 3.63) is 30.5 Å². The van der Waals surface area contributed by atoms with Crippen LogP contribution in [-0.4, -0.2) is 17.5 Å².